The summed E-state index contributed by atoms with van der Waals surface area (Å²) < 4.78 is 26.4. The van der Waals surface area contributed by atoms with Crippen LogP contribution in [0.15, 0.2) is 79.2 Å². The number of halogens is 1. The summed E-state index contributed by atoms with van der Waals surface area (Å²) in [6.07, 6.45) is 3.93. The van der Waals surface area contributed by atoms with E-state index in [1.807, 2.05) is 17.9 Å². The minimum Gasteiger partial charge on any atom is -0.408 e. The highest BCUT2D eigenvalue weighted by Gasteiger charge is 2.44. The third-order valence-electron chi connectivity index (χ3n) is 9.19. The summed E-state index contributed by atoms with van der Waals surface area (Å²) in [4.78, 5) is 50.7. The monoisotopic (exact) mass is 643 g/mol. The molecule has 4 aromatic heterocycles. The largest absolute Gasteiger partial charge is 0.434 e. The number of aryl methyl sites for hydroxylation is 2. The molecule has 2 atom stereocenters. The highest BCUT2D eigenvalue weighted by atomic mass is 19.1. The molecule has 0 aliphatic carbocycles. The van der Waals surface area contributed by atoms with E-state index in [2.05, 4.69) is 15.2 Å². The van der Waals surface area contributed by atoms with Crippen molar-refractivity contribution >= 4 is 17.0 Å². The van der Waals surface area contributed by atoms with E-state index in [-0.39, 0.29) is 29.2 Å². The number of fused-ring (bicyclic) bond motifs is 4. The lowest BCUT2D eigenvalue weighted by molar-refractivity contribution is 0.0776. The molecule has 2 aliphatic heterocycles. The number of benzene rings is 2. The van der Waals surface area contributed by atoms with Crippen molar-refractivity contribution in [2.24, 2.45) is 0 Å². The summed E-state index contributed by atoms with van der Waals surface area (Å²) in [6, 6.07) is 16.1. The predicted octanol–water partition coefficient (Wildman–Crippen LogP) is 5.09. The van der Waals surface area contributed by atoms with Gasteiger partial charge in [-0.15, -0.1) is 5.10 Å². The first-order valence-corrected chi connectivity index (χ1v) is 15.5. The number of carbonyl (C=O) groups excluding carboxylic acids is 1. The predicted molar refractivity (Wildman–Crippen MR) is 169 cm³/mol. The van der Waals surface area contributed by atoms with Crippen molar-refractivity contribution < 1.29 is 18.0 Å². The maximum atomic E-state index is 14.0. The standard InChI is InChI=1S/C35H26FN7O5/c1-18(23-11-7-20(16-37)17-38-23)43-25-13-8-21(15-27(25)47-35(43)46)28-29(32-40-41-34(45)48-32)24(12-6-19-4-9-22(36)10-5-19)39-31-26-3-2-14-42(26)33(44)30(28)31/h4-5,7-11,13,15,17-18,26H,2-3,6,12,14H2,1H3,(H,41,45). The molecule has 6 aromatic rings. The molecule has 2 unspecified atom stereocenters. The highest BCUT2D eigenvalue weighted by Crippen LogP contribution is 2.48. The zero-order valence-electron chi connectivity index (χ0n) is 25.6. The summed E-state index contributed by atoms with van der Waals surface area (Å²) in [6.45, 7) is 2.40. The Bertz CT molecular complexity index is 2400. The van der Waals surface area contributed by atoms with Gasteiger partial charge in [0, 0.05) is 18.3 Å². The maximum absolute atomic E-state index is 14.0. The van der Waals surface area contributed by atoms with Crippen LogP contribution in [0.1, 0.15) is 70.4 Å². The van der Waals surface area contributed by atoms with E-state index in [1.54, 1.807) is 42.5 Å². The fraction of sp³-hybridized carbons (Fsp3) is 0.229. The van der Waals surface area contributed by atoms with Gasteiger partial charge in [0.1, 0.15) is 11.9 Å². The van der Waals surface area contributed by atoms with Gasteiger partial charge in [0.2, 0.25) is 0 Å². The van der Waals surface area contributed by atoms with Gasteiger partial charge in [-0.05, 0) is 80.1 Å². The minimum absolute atomic E-state index is 0.0288. The fourth-order valence-electron chi connectivity index (χ4n) is 6.91. The molecule has 1 amide bonds. The summed E-state index contributed by atoms with van der Waals surface area (Å²) in [5.74, 6) is -1.92. The van der Waals surface area contributed by atoms with Crippen LogP contribution in [-0.4, -0.2) is 42.1 Å². The molecule has 1 saturated heterocycles. The lowest BCUT2D eigenvalue weighted by Crippen LogP contribution is -2.23. The summed E-state index contributed by atoms with van der Waals surface area (Å²) in [5.41, 5.74) is 5.62. The summed E-state index contributed by atoms with van der Waals surface area (Å²) in [7, 11) is 0. The number of nitrogens with one attached hydrogen (secondary N) is 1. The van der Waals surface area contributed by atoms with Gasteiger partial charge < -0.3 is 13.7 Å². The third-order valence-corrected chi connectivity index (χ3v) is 9.19. The molecule has 0 saturated carbocycles. The molecule has 12 nitrogen and oxygen atoms in total. The highest BCUT2D eigenvalue weighted by molar-refractivity contribution is 6.08. The van der Waals surface area contributed by atoms with Crippen LogP contribution in [0.25, 0.3) is 33.7 Å². The molecule has 1 N–H and O–H groups in total. The van der Waals surface area contributed by atoms with Crippen LogP contribution in [0.5, 0.6) is 0 Å². The Morgan fingerprint density at radius 2 is 1.88 bits per heavy atom. The SMILES string of the molecule is CC(c1ccc(C#N)cn1)n1c(=O)oc2cc(-c3c4c(nc(CCc5ccc(F)cc5)c3-c3n[nH]c(=O)o3)C3CCCN3C4=O)ccc21. The van der Waals surface area contributed by atoms with Crippen molar-refractivity contribution in [3.63, 3.8) is 0 Å². The van der Waals surface area contributed by atoms with Crippen molar-refractivity contribution in [1.29, 1.82) is 5.26 Å². The number of aromatic amines is 1. The molecule has 2 aromatic carbocycles. The molecule has 1 fully saturated rings. The Hall–Kier alpha value is -6.16. The molecule has 238 valence electrons. The second-order valence-corrected chi connectivity index (χ2v) is 12.0. The molecule has 8 rings (SSSR count). The molecule has 0 bridgehead atoms. The van der Waals surface area contributed by atoms with Gasteiger partial charge in [-0.1, -0.05) is 18.2 Å². The zero-order valence-corrected chi connectivity index (χ0v) is 25.6. The maximum Gasteiger partial charge on any atom is 0.434 e. The van der Waals surface area contributed by atoms with Gasteiger partial charge in [0.05, 0.1) is 51.4 Å². The fourth-order valence-corrected chi connectivity index (χ4v) is 6.91. The normalized spacial score (nSPS) is 15.9. The second kappa shape index (κ2) is 11.3. The van der Waals surface area contributed by atoms with Crippen LogP contribution >= 0.6 is 0 Å². The van der Waals surface area contributed by atoms with E-state index in [4.69, 9.17) is 19.1 Å². The summed E-state index contributed by atoms with van der Waals surface area (Å²) in [5, 5.41) is 15.6. The van der Waals surface area contributed by atoms with Crippen LogP contribution in [0, 0.1) is 17.1 Å². The van der Waals surface area contributed by atoms with Gasteiger partial charge in [-0.3, -0.25) is 19.3 Å². The summed E-state index contributed by atoms with van der Waals surface area (Å²) >= 11 is 0. The number of oxazole rings is 1. The quantitative estimate of drug-likeness (QED) is 0.250. The van der Waals surface area contributed by atoms with Gasteiger partial charge in [-0.25, -0.2) is 19.1 Å². The lowest BCUT2D eigenvalue weighted by atomic mass is 9.89. The second-order valence-electron chi connectivity index (χ2n) is 12.0. The van der Waals surface area contributed by atoms with Crippen molar-refractivity contribution in [3.8, 4) is 28.7 Å². The van der Waals surface area contributed by atoms with E-state index in [9.17, 15) is 18.8 Å². The first kappa shape index (κ1) is 29.3. The lowest BCUT2D eigenvalue weighted by Gasteiger charge is -2.17. The van der Waals surface area contributed by atoms with Gasteiger partial charge in [-0.2, -0.15) is 5.26 Å². The van der Waals surface area contributed by atoms with E-state index < -0.39 is 17.6 Å². The van der Waals surface area contributed by atoms with Gasteiger partial charge >= 0.3 is 11.5 Å². The smallest absolute Gasteiger partial charge is 0.408 e. The van der Waals surface area contributed by atoms with Crippen LogP contribution < -0.4 is 11.5 Å². The molecule has 6 heterocycles. The Morgan fingerprint density at radius 1 is 1.04 bits per heavy atom. The van der Waals surface area contributed by atoms with E-state index >= 15 is 0 Å². The van der Waals surface area contributed by atoms with Crippen molar-refractivity contribution in [2.45, 2.75) is 44.7 Å². The minimum atomic E-state index is -0.767. The van der Waals surface area contributed by atoms with Crippen LogP contribution in [0.2, 0.25) is 0 Å². The number of carbonyl (C=O) groups is 1. The van der Waals surface area contributed by atoms with Crippen LogP contribution in [0.4, 0.5) is 4.39 Å². The molecular weight excluding hydrogens is 617 g/mol. The average molecular weight is 644 g/mol. The number of nitriles is 1. The molecule has 13 heteroatoms. The number of rotatable bonds is 7. The number of aromatic nitrogens is 5. The third kappa shape index (κ3) is 4.72. The molecule has 48 heavy (non-hydrogen) atoms. The Labute approximate surface area is 271 Å². The van der Waals surface area contributed by atoms with E-state index in [0.717, 1.165) is 18.4 Å². The number of pyridine rings is 2. The number of amides is 1. The van der Waals surface area contributed by atoms with Crippen molar-refractivity contribution in [1.82, 2.24) is 29.6 Å². The number of hydrogen-bond acceptors (Lipinski definition) is 9. The van der Waals surface area contributed by atoms with Gasteiger partial charge in [0.25, 0.3) is 11.8 Å². The van der Waals surface area contributed by atoms with Crippen LogP contribution in [-0.2, 0) is 12.8 Å². The molecule has 0 spiro atoms. The first-order chi connectivity index (χ1) is 23.3. The Balaban J connectivity index is 1.32. The van der Waals surface area contributed by atoms with Crippen molar-refractivity contribution in [3.05, 3.63) is 121 Å². The Morgan fingerprint density at radius 3 is 2.60 bits per heavy atom. The van der Waals surface area contributed by atoms with Crippen LogP contribution in [0.3, 0.4) is 0 Å². The van der Waals surface area contributed by atoms with Gasteiger partial charge in [0.15, 0.2) is 5.58 Å². The van der Waals surface area contributed by atoms with Crippen molar-refractivity contribution in [2.75, 3.05) is 6.54 Å². The Kier molecular flexibility index (Phi) is 6.87. The zero-order chi connectivity index (χ0) is 33.1. The number of hydrogen-bond donors (Lipinski definition) is 1. The van der Waals surface area contributed by atoms with E-state index in [0.29, 0.717) is 69.8 Å². The molecule has 0 radical (unpaired) electrons. The first-order valence-electron chi connectivity index (χ1n) is 15.5. The molecular formula is C35H26FN7O5. The topological polar surface area (TPSA) is 164 Å². The average Bonchev–Trinajstić information content (AvgIpc) is 3.88. The number of H-pyrrole nitrogens is 1. The molecule has 2 aliphatic rings. The van der Waals surface area contributed by atoms with E-state index in [1.165, 1.54) is 22.9 Å². The number of nitrogens with zero attached hydrogens (tertiary/aromatic N) is 6.